The number of methoxy groups -OCH3 is 2. The number of thiazole rings is 1. The summed E-state index contributed by atoms with van der Waals surface area (Å²) in [6, 6.07) is 5.74. The highest BCUT2D eigenvalue weighted by Gasteiger charge is 2.16. The Bertz CT molecular complexity index is 970. The first-order valence-corrected chi connectivity index (χ1v) is 10.3. The number of ether oxygens (including phenoxy) is 2. The Morgan fingerprint density at radius 2 is 2.11 bits per heavy atom. The van der Waals surface area contributed by atoms with Gasteiger partial charge in [0.15, 0.2) is 16.7 Å². The molecule has 0 saturated heterocycles. The average molecular weight is 420 g/mol. The second-order valence-electron chi connectivity index (χ2n) is 5.90. The Kier molecular flexibility index (Phi) is 6.53. The molecule has 3 aromatic rings. The molecule has 28 heavy (non-hydrogen) atoms. The molecule has 0 aliphatic rings. The minimum absolute atomic E-state index is 0.258. The Balaban J connectivity index is 1.70. The summed E-state index contributed by atoms with van der Waals surface area (Å²) < 4.78 is 12.7. The third kappa shape index (κ3) is 4.45. The van der Waals surface area contributed by atoms with Crippen LogP contribution in [0.25, 0.3) is 10.6 Å². The number of nitrogens with two attached hydrogens (primary N) is 1. The second-order valence-corrected chi connectivity index (χ2v) is 7.70. The number of para-hydroxylation sites is 1. The van der Waals surface area contributed by atoms with Crippen molar-refractivity contribution in [2.24, 2.45) is 12.8 Å². The largest absolute Gasteiger partial charge is 0.493 e. The normalized spacial score (nSPS) is 10.8. The number of aromatic nitrogens is 4. The van der Waals surface area contributed by atoms with Crippen LogP contribution < -0.4 is 15.2 Å². The van der Waals surface area contributed by atoms with Gasteiger partial charge in [-0.15, -0.1) is 21.5 Å². The first-order chi connectivity index (χ1) is 13.5. The van der Waals surface area contributed by atoms with E-state index in [1.54, 1.807) is 37.3 Å². The summed E-state index contributed by atoms with van der Waals surface area (Å²) in [5.74, 6) is 2.39. The fourth-order valence-corrected chi connectivity index (χ4v) is 4.38. The average Bonchev–Trinajstić information content (AvgIpc) is 3.30. The van der Waals surface area contributed by atoms with Crippen molar-refractivity contribution >= 4 is 29.0 Å². The van der Waals surface area contributed by atoms with Crippen molar-refractivity contribution in [3.8, 4) is 22.1 Å². The molecule has 1 amide bonds. The van der Waals surface area contributed by atoms with Crippen LogP contribution in [0.15, 0.2) is 28.7 Å². The van der Waals surface area contributed by atoms with Crippen LogP contribution in [0.2, 0.25) is 0 Å². The molecule has 8 nitrogen and oxygen atoms in total. The number of benzene rings is 1. The lowest BCUT2D eigenvalue weighted by Gasteiger charge is -2.10. The molecule has 148 valence electrons. The number of rotatable bonds is 9. The van der Waals surface area contributed by atoms with Gasteiger partial charge in [0, 0.05) is 31.0 Å². The number of nitrogens with zero attached hydrogens (tertiary/aromatic N) is 4. The highest BCUT2D eigenvalue weighted by Crippen LogP contribution is 2.39. The lowest BCUT2D eigenvalue weighted by Crippen LogP contribution is -2.12. The summed E-state index contributed by atoms with van der Waals surface area (Å²) in [4.78, 5) is 15.7. The van der Waals surface area contributed by atoms with Gasteiger partial charge in [-0.2, -0.15) is 0 Å². The first kappa shape index (κ1) is 20.2. The number of thioether (sulfide) groups is 1. The van der Waals surface area contributed by atoms with Crippen LogP contribution in [0.4, 0.5) is 0 Å². The maximum absolute atomic E-state index is 10.9. The number of hydrogen-bond donors (Lipinski definition) is 1. The van der Waals surface area contributed by atoms with E-state index in [0.29, 0.717) is 23.7 Å². The van der Waals surface area contributed by atoms with E-state index in [2.05, 4.69) is 10.2 Å². The topological polar surface area (TPSA) is 105 Å². The Hall–Kier alpha value is -2.59. The second kappa shape index (κ2) is 9.07. The lowest BCUT2D eigenvalue weighted by atomic mass is 10.2. The fourth-order valence-electron chi connectivity index (χ4n) is 2.61. The van der Waals surface area contributed by atoms with Gasteiger partial charge in [0.25, 0.3) is 0 Å². The summed E-state index contributed by atoms with van der Waals surface area (Å²) in [5, 5.41) is 12.0. The molecule has 2 heterocycles. The van der Waals surface area contributed by atoms with Gasteiger partial charge in [-0.05, 0) is 12.1 Å². The smallest absolute Gasteiger partial charge is 0.217 e. The summed E-state index contributed by atoms with van der Waals surface area (Å²) >= 11 is 3.10. The van der Waals surface area contributed by atoms with Crippen LogP contribution in [0.1, 0.15) is 17.9 Å². The van der Waals surface area contributed by atoms with Crippen molar-refractivity contribution in [3.63, 3.8) is 0 Å². The zero-order valence-corrected chi connectivity index (χ0v) is 17.5. The highest BCUT2D eigenvalue weighted by atomic mass is 32.2. The number of hydrogen-bond acceptors (Lipinski definition) is 8. The van der Waals surface area contributed by atoms with E-state index in [0.717, 1.165) is 27.2 Å². The Morgan fingerprint density at radius 1 is 1.29 bits per heavy atom. The molecule has 2 aromatic heterocycles. The molecule has 0 atom stereocenters. The maximum Gasteiger partial charge on any atom is 0.217 e. The number of aryl methyl sites for hydroxylation is 1. The van der Waals surface area contributed by atoms with Crippen molar-refractivity contribution < 1.29 is 14.3 Å². The van der Waals surface area contributed by atoms with E-state index in [1.807, 2.05) is 35.2 Å². The molecular formula is C18H21N5O3S2. The monoisotopic (exact) mass is 419 g/mol. The van der Waals surface area contributed by atoms with Crippen molar-refractivity contribution in [1.29, 1.82) is 0 Å². The van der Waals surface area contributed by atoms with Crippen LogP contribution in [0, 0.1) is 0 Å². The van der Waals surface area contributed by atoms with Gasteiger partial charge in [-0.3, -0.25) is 4.79 Å². The highest BCUT2D eigenvalue weighted by molar-refractivity contribution is 7.98. The zero-order chi connectivity index (χ0) is 20.1. The van der Waals surface area contributed by atoms with Crippen molar-refractivity contribution in [3.05, 3.63) is 35.1 Å². The van der Waals surface area contributed by atoms with Crippen LogP contribution in [0.3, 0.4) is 0 Å². The van der Waals surface area contributed by atoms with E-state index < -0.39 is 0 Å². The van der Waals surface area contributed by atoms with Gasteiger partial charge in [0.1, 0.15) is 10.8 Å². The van der Waals surface area contributed by atoms with Crippen molar-refractivity contribution in [1.82, 2.24) is 19.7 Å². The van der Waals surface area contributed by atoms with Crippen LogP contribution in [0.5, 0.6) is 11.5 Å². The number of amides is 1. The van der Waals surface area contributed by atoms with E-state index in [-0.39, 0.29) is 12.3 Å². The van der Waals surface area contributed by atoms with Crippen LogP contribution in [-0.2, 0) is 24.0 Å². The summed E-state index contributed by atoms with van der Waals surface area (Å²) in [6.45, 7) is 0. The van der Waals surface area contributed by atoms with Gasteiger partial charge < -0.3 is 19.8 Å². The minimum atomic E-state index is -0.347. The summed E-state index contributed by atoms with van der Waals surface area (Å²) in [7, 11) is 5.12. The molecule has 0 radical (unpaired) electrons. The predicted molar refractivity (Wildman–Crippen MR) is 109 cm³/mol. The van der Waals surface area contributed by atoms with Gasteiger partial charge in [-0.25, -0.2) is 4.98 Å². The van der Waals surface area contributed by atoms with E-state index in [9.17, 15) is 4.79 Å². The molecular weight excluding hydrogens is 398 g/mol. The fraction of sp³-hybridized carbons (Fsp3) is 0.333. The number of primary amides is 1. The number of carbonyl (C=O) groups excluding carboxylic acids is 1. The first-order valence-electron chi connectivity index (χ1n) is 8.48. The number of carbonyl (C=O) groups is 1. The third-order valence-corrected chi connectivity index (χ3v) is 6.03. The minimum Gasteiger partial charge on any atom is -0.493 e. The molecule has 0 aliphatic heterocycles. The van der Waals surface area contributed by atoms with Crippen molar-refractivity contribution in [2.45, 2.75) is 23.8 Å². The van der Waals surface area contributed by atoms with Gasteiger partial charge in [0.05, 0.1) is 25.5 Å². The molecule has 0 spiro atoms. The quantitative estimate of drug-likeness (QED) is 0.532. The van der Waals surface area contributed by atoms with Crippen LogP contribution >= 0.6 is 23.1 Å². The summed E-state index contributed by atoms with van der Waals surface area (Å²) in [5.41, 5.74) is 7.04. The Morgan fingerprint density at radius 3 is 2.82 bits per heavy atom. The van der Waals surface area contributed by atoms with E-state index in [1.165, 1.54) is 0 Å². The maximum atomic E-state index is 10.9. The van der Waals surface area contributed by atoms with Gasteiger partial charge in [0.2, 0.25) is 5.91 Å². The standard InChI is InChI=1S/C18H21N5O3S2/c1-23-15(8-7-14(19)24)21-22-18(23)28-10-11-9-27-17(20-11)12-5-4-6-13(25-2)16(12)26-3/h4-6,9H,7-8,10H2,1-3H3,(H2,19,24). The third-order valence-electron chi connectivity index (χ3n) is 4.05. The molecule has 0 saturated carbocycles. The molecule has 0 bridgehead atoms. The van der Waals surface area contributed by atoms with E-state index in [4.69, 9.17) is 20.2 Å². The zero-order valence-electron chi connectivity index (χ0n) is 15.8. The lowest BCUT2D eigenvalue weighted by molar-refractivity contribution is -0.118. The molecule has 0 fully saturated rings. The van der Waals surface area contributed by atoms with Crippen LogP contribution in [-0.4, -0.2) is 39.9 Å². The molecule has 0 aliphatic carbocycles. The van der Waals surface area contributed by atoms with E-state index >= 15 is 0 Å². The summed E-state index contributed by atoms with van der Waals surface area (Å²) in [6.07, 6.45) is 0.740. The molecule has 3 rings (SSSR count). The van der Waals surface area contributed by atoms with Crippen molar-refractivity contribution in [2.75, 3.05) is 14.2 Å². The molecule has 2 N–H and O–H groups in total. The van der Waals surface area contributed by atoms with Gasteiger partial charge >= 0.3 is 0 Å². The van der Waals surface area contributed by atoms with Gasteiger partial charge in [-0.1, -0.05) is 17.8 Å². The molecule has 10 heteroatoms. The SMILES string of the molecule is COc1cccc(-c2nc(CSc3nnc(CCC(N)=O)n3C)cs2)c1OC. The predicted octanol–water partition coefficient (Wildman–Crippen LogP) is 2.67. The Labute approximate surface area is 171 Å². The molecule has 0 unspecified atom stereocenters. The molecule has 1 aromatic carbocycles.